The van der Waals surface area contributed by atoms with E-state index in [9.17, 15) is 4.39 Å². The van der Waals surface area contributed by atoms with E-state index in [-0.39, 0.29) is 11.9 Å². The SMILES string of the molecule is Cc1cc(OC2CC3CCC(C2)N3C)ncc1F. The summed E-state index contributed by atoms with van der Waals surface area (Å²) in [6.45, 7) is 1.74. The quantitative estimate of drug-likeness (QED) is 0.806. The van der Waals surface area contributed by atoms with Gasteiger partial charge in [-0.05, 0) is 45.2 Å². The Kier molecular flexibility index (Phi) is 2.98. The smallest absolute Gasteiger partial charge is 0.213 e. The van der Waals surface area contributed by atoms with Crippen LogP contribution < -0.4 is 4.74 Å². The maximum absolute atomic E-state index is 13.1. The highest BCUT2D eigenvalue weighted by molar-refractivity contribution is 5.20. The minimum atomic E-state index is -0.272. The Hall–Kier alpha value is -1.16. The molecule has 1 aromatic rings. The van der Waals surface area contributed by atoms with E-state index in [2.05, 4.69) is 16.9 Å². The van der Waals surface area contributed by atoms with Gasteiger partial charge in [-0.2, -0.15) is 0 Å². The van der Waals surface area contributed by atoms with Gasteiger partial charge in [-0.25, -0.2) is 9.37 Å². The molecule has 2 saturated heterocycles. The van der Waals surface area contributed by atoms with Gasteiger partial charge in [0.2, 0.25) is 5.88 Å². The second-order valence-corrected chi connectivity index (χ2v) is 5.53. The normalized spacial score (nSPS) is 31.6. The van der Waals surface area contributed by atoms with Crippen LogP contribution in [0.15, 0.2) is 12.3 Å². The zero-order valence-corrected chi connectivity index (χ0v) is 10.9. The molecule has 0 aromatic carbocycles. The van der Waals surface area contributed by atoms with E-state index < -0.39 is 0 Å². The highest BCUT2D eigenvalue weighted by Gasteiger charge is 2.39. The maximum Gasteiger partial charge on any atom is 0.213 e. The summed E-state index contributed by atoms with van der Waals surface area (Å²) in [4.78, 5) is 6.49. The fraction of sp³-hybridized carbons (Fsp3) is 0.643. The van der Waals surface area contributed by atoms with Crippen molar-refractivity contribution in [1.29, 1.82) is 0 Å². The largest absolute Gasteiger partial charge is 0.474 e. The maximum atomic E-state index is 13.1. The molecule has 2 fully saturated rings. The molecule has 4 heteroatoms. The number of hydrogen-bond donors (Lipinski definition) is 0. The molecule has 3 nitrogen and oxygen atoms in total. The highest BCUT2D eigenvalue weighted by atomic mass is 19.1. The summed E-state index contributed by atoms with van der Waals surface area (Å²) in [6.07, 6.45) is 6.15. The first-order valence-electron chi connectivity index (χ1n) is 6.64. The number of aromatic nitrogens is 1. The number of pyridine rings is 1. The average Bonchev–Trinajstić information content (AvgIpc) is 2.58. The minimum Gasteiger partial charge on any atom is -0.474 e. The van der Waals surface area contributed by atoms with Crippen LogP contribution in [0.3, 0.4) is 0 Å². The van der Waals surface area contributed by atoms with Crippen LogP contribution in [0.4, 0.5) is 4.39 Å². The third kappa shape index (κ3) is 2.09. The van der Waals surface area contributed by atoms with Gasteiger partial charge in [0.05, 0.1) is 6.20 Å². The fourth-order valence-electron chi connectivity index (χ4n) is 3.21. The number of piperidine rings is 1. The average molecular weight is 250 g/mol. The lowest BCUT2D eigenvalue weighted by Gasteiger charge is -2.36. The number of ether oxygens (including phenoxy) is 1. The first-order valence-corrected chi connectivity index (χ1v) is 6.64. The van der Waals surface area contributed by atoms with Gasteiger partial charge in [-0.3, -0.25) is 0 Å². The number of aryl methyl sites for hydroxylation is 1. The molecule has 98 valence electrons. The minimum absolute atomic E-state index is 0.232. The van der Waals surface area contributed by atoms with Crippen molar-refractivity contribution in [3.63, 3.8) is 0 Å². The zero-order chi connectivity index (χ0) is 12.7. The molecule has 0 spiro atoms. The van der Waals surface area contributed by atoms with Crippen molar-refractivity contribution in [2.45, 2.75) is 50.8 Å². The van der Waals surface area contributed by atoms with E-state index in [1.165, 1.54) is 19.0 Å². The molecule has 3 heterocycles. The molecule has 2 aliphatic heterocycles. The summed E-state index contributed by atoms with van der Waals surface area (Å²) in [5, 5.41) is 0. The number of halogens is 1. The highest BCUT2D eigenvalue weighted by Crippen LogP contribution is 2.35. The van der Waals surface area contributed by atoms with E-state index in [0.29, 0.717) is 23.5 Å². The van der Waals surface area contributed by atoms with Crippen LogP contribution in [0.25, 0.3) is 0 Å². The van der Waals surface area contributed by atoms with Gasteiger partial charge < -0.3 is 9.64 Å². The van der Waals surface area contributed by atoms with E-state index in [1.54, 1.807) is 13.0 Å². The van der Waals surface area contributed by atoms with Crippen molar-refractivity contribution in [3.8, 4) is 5.88 Å². The molecule has 18 heavy (non-hydrogen) atoms. The van der Waals surface area contributed by atoms with Crippen molar-refractivity contribution in [2.24, 2.45) is 0 Å². The van der Waals surface area contributed by atoms with Crippen molar-refractivity contribution >= 4 is 0 Å². The zero-order valence-electron chi connectivity index (χ0n) is 10.9. The Bertz CT molecular complexity index is 437. The molecule has 0 radical (unpaired) electrons. The van der Waals surface area contributed by atoms with Crippen LogP contribution in [0, 0.1) is 12.7 Å². The van der Waals surface area contributed by atoms with Gasteiger partial charge in [0.15, 0.2) is 0 Å². The predicted octanol–water partition coefficient (Wildman–Crippen LogP) is 2.53. The summed E-state index contributed by atoms with van der Waals surface area (Å²) in [6, 6.07) is 2.99. The van der Waals surface area contributed by atoms with Gasteiger partial charge in [-0.1, -0.05) is 0 Å². The van der Waals surface area contributed by atoms with E-state index >= 15 is 0 Å². The van der Waals surface area contributed by atoms with E-state index in [1.807, 2.05) is 0 Å². The van der Waals surface area contributed by atoms with Crippen molar-refractivity contribution < 1.29 is 9.13 Å². The third-order valence-electron chi connectivity index (χ3n) is 4.36. The van der Waals surface area contributed by atoms with Gasteiger partial charge in [0, 0.05) is 18.2 Å². The number of nitrogens with zero attached hydrogens (tertiary/aromatic N) is 2. The molecule has 0 N–H and O–H groups in total. The van der Waals surface area contributed by atoms with Crippen molar-refractivity contribution in [2.75, 3.05) is 7.05 Å². The van der Waals surface area contributed by atoms with Crippen LogP contribution in [-0.2, 0) is 0 Å². The number of rotatable bonds is 2. The molecule has 3 rings (SSSR count). The Morgan fingerprint density at radius 1 is 1.33 bits per heavy atom. The Morgan fingerprint density at radius 2 is 2.00 bits per heavy atom. The lowest BCUT2D eigenvalue weighted by Crippen LogP contribution is -2.43. The molecule has 2 atom stereocenters. The van der Waals surface area contributed by atoms with Gasteiger partial charge >= 0.3 is 0 Å². The molecule has 2 aliphatic rings. The molecule has 2 unspecified atom stereocenters. The lowest BCUT2D eigenvalue weighted by atomic mass is 10.0. The first kappa shape index (κ1) is 11.9. The lowest BCUT2D eigenvalue weighted by molar-refractivity contribution is 0.0631. The molecular formula is C14H19FN2O. The summed E-state index contributed by atoms with van der Waals surface area (Å²) in [7, 11) is 2.21. The van der Waals surface area contributed by atoms with E-state index in [4.69, 9.17) is 4.74 Å². The van der Waals surface area contributed by atoms with Crippen LogP contribution in [-0.4, -0.2) is 35.1 Å². The third-order valence-corrected chi connectivity index (χ3v) is 4.36. The molecular weight excluding hydrogens is 231 g/mol. The number of fused-ring (bicyclic) bond motifs is 2. The van der Waals surface area contributed by atoms with Crippen molar-refractivity contribution in [1.82, 2.24) is 9.88 Å². The molecule has 0 saturated carbocycles. The Balaban J connectivity index is 1.68. The molecule has 1 aromatic heterocycles. The first-order chi connectivity index (χ1) is 8.63. The van der Waals surface area contributed by atoms with E-state index in [0.717, 1.165) is 12.8 Å². The summed E-state index contributed by atoms with van der Waals surface area (Å²) >= 11 is 0. The Morgan fingerprint density at radius 3 is 2.61 bits per heavy atom. The van der Waals surface area contributed by atoms with Crippen LogP contribution in [0.5, 0.6) is 5.88 Å². The van der Waals surface area contributed by atoms with Gasteiger partial charge in [-0.15, -0.1) is 0 Å². The standard InChI is InChI=1S/C14H19FN2O/c1-9-5-14(16-8-13(9)15)18-12-6-10-3-4-11(7-12)17(10)2/h5,8,10-12H,3-4,6-7H2,1-2H3. The monoisotopic (exact) mass is 250 g/mol. The second kappa shape index (κ2) is 4.50. The van der Waals surface area contributed by atoms with Crippen LogP contribution >= 0.6 is 0 Å². The van der Waals surface area contributed by atoms with Gasteiger partial charge in [0.1, 0.15) is 11.9 Å². The summed E-state index contributed by atoms with van der Waals surface area (Å²) in [5.74, 6) is 0.286. The van der Waals surface area contributed by atoms with Crippen LogP contribution in [0.1, 0.15) is 31.2 Å². The van der Waals surface area contributed by atoms with Crippen LogP contribution in [0.2, 0.25) is 0 Å². The Labute approximate surface area is 107 Å². The summed E-state index contributed by atoms with van der Waals surface area (Å²) in [5.41, 5.74) is 0.593. The second-order valence-electron chi connectivity index (χ2n) is 5.53. The molecule has 0 aliphatic carbocycles. The van der Waals surface area contributed by atoms with Crippen molar-refractivity contribution in [3.05, 3.63) is 23.6 Å². The molecule has 2 bridgehead atoms. The predicted molar refractivity (Wildman–Crippen MR) is 67.2 cm³/mol. The molecule has 0 amide bonds. The summed E-state index contributed by atoms with van der Waals surface area (Å²) < 4.78 is 19.1. The topological polar surface area (TPSA) is 25.4 Å². The fourth-order valence-corrected chi connectivity index (χ4v) is 3.21. The van der Waals surface area contributed by atoms with Gasteiger partial charge in [0.25, 0.3) is 0 Å². The number of hydrogen-bond acceptors (Lipinski definition) is 3.